The maximum absolute atomic E-state index is 10.1. The fraction of sp³-hybridized carbons (Fsp3) is 0.364. The van der Waals surface area contributed by atoms with Crippen LogP contribution < -0.4 is 0 Å². The number of nitrogens with zero attached hydrogens (tertiary/aromatic N) is 4. The Labute approximate surface area is 93.8 Å². The van der Waals surface area contributed by atoms with Gasteiger partial charge < -0.3 is 5.11 Å². The molecule has 0 saturated heterocycles. The van der Waals surface area contributed by atoms with Gasteiger partial charge in [0, 0.05) is 25.0 Å². The van der Waals surface area contributed by atoms with E-state index in [0.717, 1.165) is 17.8 Å². The summed E-state index contributed by atoms with van der Waals surface area (Å²) in [6.45, 7) is 2.03. The summed E-state index contributed by atoms with van der Waals surface area (Å²) >= 11 is 0. The van der Waals surface area contributed by atoms with Crippen LogP contribution in [0.3, 0.4) is 0 Å². The van der Waals surface area contributed by atoms with Crippen molar-refractivity contribution in [3.63, 3.8) is 0 Å². The minimum atomic E-state index is -0.723. The van der Waals surface area contributed by atoms with Gasteiger partial charge in [-0.15, -0.1) is 0 Å². The maximum atomic E-state index is 10.1. The van der Waals surface area contributed by atoms with E-state index in [-0.39, 0.29) is 0 Å². The lowest BCUT2D eigenvalue weighted by Crippen LogP contribution is -2.07. The molecule has 1 unspecified atom stereocenters. The zero-order valence-electron chi connectivity index (χ0n) is 9.33. The molecule has 0 radical (unpaired) electrons. The molecule has 5 nitrogen and oxygen atoms in total. The van der Waals surface area contributed by atoms with Crippen molar-refractivity contribution in [2.45, 2.75) is 19.4 Å². The minimum Gasteiger partial charge on any atom is -0.382 e. The monoisotopic (exact) mass is 218 g/mol. The zero-order valence-corrected chi connectivity index (χ0v) is 9.33. The van der Waals surface area contributed by atoms with Gasteiger partial charge in [0.1, 0.15) is 12.4 Å². The molecule has 1 N–H and O–H groups in total. The molecular weight excluding hydrogens is 204 g/mol. The van der Waals surface area contributed by atoms with E-state index >= 15 is 0 Å². The Hall–Kier alpha value is -1.75. The van der Waals surface area contributed by atoms with Gasteiger partial charge >= 0.3 is 0 Å². The van der Waals surface area contributed by atoms with Crippen molar-refractivity contribution in [3.8, 4) is 0 Å². The van der Waals surface area contributed by atoms with Crippen LogP contribution in [-0.4, -0.2) is 24.9 Å². The average molecular weight is 218 g/mol. The molecule has 0 aromatic carbocycles. The van der Waals surface area contributed by atoms with Crippen molar-refractivity contribution < 1.29 is 5.11 Å². The fourth-order valence-corrected chi connectivity index (χ4v) is 1.59. The molecule has 2 heterocycles. The molecule has 0 aliphatic heterocycles. The van der Waals surface area contributed by atoms with Gasteiger partial charge in [0.05, 0.1) is 11.4 Å². The van der Waals surface area contributed by atoms with E-state index in [1.807, 2.05) is 20.0 Å². The Morgan fingerprint density at radius 3 is 2.62 bits per heavy atom. The van der Waals surface area contributed by atoms with E-state index in [1.54, 1.807) is 17.1 Å². The van der Waals surface area contributed by atoms with Crippen LogP contribution in [0.25, 0.3) is 0 Å². The van der Waals surface area contributed by atoms with Crippen molar-refractivity contribution in [2.24, 2.45) is 7.05 Å². The SMILES string of the molecule is CCc1cc(C(O)c2cncnc2)n(C)n1. The first-order valence-corrected chi connectivity index (χ1v) is 5.18. The molecule has 0 fully saturated rings. The van der Waals surface area contributed by atoms with Gasteiger partial charge in [0.2, 0.25) is 0 Å². The molecule has 0 saturated carbocycles. The highest BCUT2D eigenvalue weighted by Crippen LogP contribution is 2.20. The van der Waals surface area contributed by atoms with Crippen LogP contribution in [0.4, 0.5) is 0 Å². The normalized spacial score (nSPS) is 12.7. The van der Waals surface area contributed by atoms with Crippen LogP contribution in [0.5, 0.6) is 0 Å². The quantitative estimate of drug-likeness (QED) is 0.829. The summed E-state index contributed by atoms with van der Waals surface area (Å²) < 4.78 is 1.69. The van der Waals surface area contributed by atoms with Crippen molar-refractivity contribution in [1.82, 2.24) is 19.7 Å². The van der Waals surface area contributed by atoms with Gasteiger partial charge in [-0.05, 0) is 12.5 Å². The fourth-order valence-electron chi connectivity index (χ4n) is 1.59. The number of aryl methyl sites for hydroxylation is 2. The lowest BCUT2D eigenvalue weighted by molar-refractivity contribution is 0.209. The van der Waals surface area contributed by atoms with Crippen LogP contribution in [-0.2, 0) is 13.5 Å². The average Bonchev–Trinajstić information content (AvgIpc) is 2.71. The molecule has 84 valence electrons. The van der Waals surface area contributed by atoms with Crippen LogP contribution in [0.15, 0.2) is 24.8 Å². The molecule has 0 aliphatic carbocycles. The molecule has 16 heavy (non-hydrogen) atoms. The van der Waals surface area contributed by atoms with Gasteiger partial charge in [-0.3, -0.25) is 4.68 Å². The molecule has 0 spiro atoms. The molecule has 2 rings (SSSR count). The smallest absolute Gasteiger partial charge is 0.124 e. The molecule has 5 heteroatoms. The van der Waals surface area contributed by atoms with Crippen molar-refractivity contribution in [2.75, 3.05) is 0 Å². The standard InChI is InChI=1S/C11H14N4O/c1-3-9-4-10(15(2)14-9)11(16)8-5-12-7-13-6-8/h4-7,11,16H,3H2,1-2H3. The first kappa shape index (κ1) is 10.8. The summed E-state index contributed by atoms with van der Waals surface area (Å²) in [5, 5.41) is 14.4. The van der Waals surface area contributed by atoms with Crippen LogP contribution in [0, 0.1) is 0 Å². The predicted octanol–water partition coefficient (Wildman–Crippen LogP) is 0.854. The van der Waals surface area contributed by atoms with E-state index in [1.165, 1.54) is 6.33 Å². The van der Waals surface area contributed by atoms with E-state index in [4.69, 9.17) is 0 Å². The third kappa shape index (κ3) is 1.94. The minimum absolute atomic E-state index is 0.674. The number of aliphatic hydroxyl groups is 1. The zero-order chi connectivity index (χ0) is 11.5. The highest BCUT2D eigenvalue weighted by molar-refractivity contribution is 5.22. The third-order valence-corrected chi connectivity index (χ3v) is 2.51. The van der Waals surface area contributed by atoms with Gasteiger partial charge in [-0.2, -0.15) is 5.10 Å². The predicted molar refractivity (Wildman–Crippen MR) is 58.7 cm³/mol. The lowest BCUT2D eigenvalue weighted by Gasteiger charge is -2.09. The number of aliphatic hydroxyl groups excluding tert-OH is 1. The van der Waals surface area contributed by atoms with E-state index in [0.29, 0.717) is 5.56 Å². The van der Waals surface area contributed by atoms with E-state index in [9.17, 15) is 5.11 Å². The molecule has 2 aromatic rings. The number of hydrogen-bond donors (Lipinski definition) is 1. The Morgan fingerprint density at radius 2 is 2.06 bits per heavy atom. The Balaban J connectivity index is 2.33. The Bertz CT molecular complexity index is 466. The van der Waals surface area contributed by atoms with E-state index in [2.05, 4.69) is 15.1 Å². The summed E-state index contributed by atoms with van der Waals surface area (Å²) in [5.74, 6) is 0. The highest BCUT2D eigenvalue weighted by Gasteiger charge is 2.15. The van der Waals surface area contributed by atoms with Gasteiger partial charge in [-0.1, -0.05) is 6.92 Å². The van der Waals surface area contributed by atoms with Crippen molar-refractivity contribution >= 4 is 0 Å². The number of rotatable bonds is 3. The first-order chi connectivity index (χ1) is 7.72. The summed E-state index contributed by atoms with van der Waals surface area (Å²) in [6, 6.07) is 1.90. The molecule has 0 aliphatic rings. The molecule has 0 bridgehead atoms. The van der Waals surface area contributed by atoms with Crippen molar-refractivity contribution in [1.29, 1.82) is 0 Å². The maximum Gasteiger partial charge on any atom is 0.124 e. The third-order valence-electron chi connectivity index (χ3n) is 2.51. The van der Waals surface area contributed by atoms with Gasteiger partial charge in [0.25, 0.3) is 0 Å². The van der Waals surface area contributed by atoms with Crippen LogP contribution in [0.2, 0.25) is 0 Å². The van der Waals surface area contributed by atoms with Crippen LogP contribution >= 0.6 is 0 Å². The van der Waals surface area contributed by atoms with Crippen LogP contribution in [0.1, 0.15) is 30.0 Å². The second-order valence-electron chi connectivity index (χ2n) is 3.61. The Kier molecular flexibility index (Phi) is 2.96. The topological polar surface area (TPSA) is 63.8 Å². The summed E-state index contributed by atoms with van der Waals surface area (Å²) in [6.07, 6.45) is 4.79. The largest absolute Gasteiger partial charge is 0.382 e. The molecular formula is C11H14N4O. The van der Waals surface area contributed by atoms with E-state index < -0.39 is 6.10 Å². The summed E-state index contributed by atoms with van der Waals surface area (Å²) in [4.78, 5) is 7.77. The second kappa shape index (κ2) is 4.40. The second-order valence-corrected chi connectivity index (χ2v) is 3.61. The summed E-state index contributed by atoms with van der Waals surface area (Å²) in [5.41, 5.74) is 2.40. The molecule has 0 amide bonds. The lowest BCUT2D eigenvalue weighted by atomic mass is 10.1. The first-order valence-electron chi connectivity index (χ1n) is 5.18. The number of aromatic nitrogens is 4. The van der Waals surface area contributed by atoms with Gasteiger partial charge in [0.15, 0.2) is 0 Å². The number of hydrogen-bond acceptors (Lipinski definition) is 4. The Morgan fingerprint density at radius 1 is 1.38 bits per heavy atom. The molecule has 2 aromatic heterocycles. The van der Waals surface area contributed by atoms with Crippen molar-refractivity contribution in [3.05, 3.63) is 41.7 Å². The highest BCUT2D eigenvalue weighted by atomic mass is 16.3. The molecule has 1 atom stereocenters. The van der Waals surface area contributed by atoms with Gasteiger partial charge in [-0.25, -0.2) is 9.97 Å². The summed E-state index contributed by atoms with van der Waals surface area (Å²) in [7, 11) is 1.82.